The number of aromatic nitrogens is 20. The van der Waals surface area contributed by atoms with Crippen LogP contribution in [0.2, 0.25) is 25.8 Å². The number of aryl methyl sites for hydroxylation is 4. The maximum atomic E-state index is 14.5. The second kappa shape index (κ2) is 45.7. The van der Waals surface area contributed by atoms with E-state index in [9.17, 15) is 52.0 Å². The van der Waals surface area contributed by atoms with E-state index in [2.05, 4.69) is 150 Å². The fourth-order valence-electron chi connectivity index (χ4n) is 14.4. The predicted octanol–water partition coefficient (Wildman–Crippen LogP) is 20.1. The van der Waals surface area contributed by atoms with Gasteiger partial charge in [-0.25, -0.2) is 90.1 Å². The minimum Gasteiger partial charge on any atom is -0.423 e. The fraction of sp³-hybridized carbons (Fsp3) is 0.134. The topological polar surface area (TPSA) is 345 Å². The lowest BCUT2D eigenvalue weighted by molar-refractivity contribution is 0.00578. The first-order valence-electron chi connectivity index (χ1n) is 42.7. The van der Waals surface area contributed by atoms with Crippen LogP contribution in [0.3, 0.4) is 0 Å². The number of benzene rings is 4. The Hall–Kier alpha value is -13.0. The molecule has 1 aliphatic heterocycles. The van der Waals surface area contributed by atoms with Crippen molar-refractivity contribution >= 4 is 164 Å². The number of sulfone groups is 1. The Morgan fingerprint density at radius 1 is 0.379 bits per heavy atom. The average Bonchev–Trinajstić information content (AvgIpc) is 1.59. The van der Waals surface area contributed by atoms with Crippen LogP contribution < -0.4 is 16.1 Å². The van der Waals surface area contributed by atoms with E-state index in [0.717, 1.165) is 135 Å². The van der Waals surface area contributed by atoms with Gasteiger partial charge in [-0.2, -0.15) is 40.8 Å². The van der Waals surface area contributed by atoms with E-state index in [1.54, 1.807) is 89.1 Å². The summed E-state index contributed by atoms with van der Waals surface area (Å²) >= 11 is 34.3. The van der Waals surface area contributed by atoms with Crippen LogP contribution in [0.5, 0.6) is 0 Å². The molecule has 0 amide bonds. The molecule has 29 nitrogen and oxygen atoms in total. The summed E-state index contributed by atoms with van der Waals surface area (Å²) in [6, 6.07) is 41.3. The number of sulfonamides is 1. The Morgan fingerprint density at radius 3 is 1.07 bits per heavy atom. The maximum absolute atomic E-state index is 14.5. The Balaban J connectivity index is 0.000000138. The third kappa shape index (κ3) is 28.0. The molecule has 0 saturated carbocycles. The maximum Gasteiger partial charge on any atom is 0.498 e. The monoisotopic (exact) mass is 2290 g/mol. The zero-order chi connectivity index (χ0) is 105. The van der Waals surface area contributed by atoms with Crippen molar-refractivity contribution in [3.8, 4) is 100 Å². The van der Waals surface area contributed by atoms with Crippen LogP contribution >= 0.6 is 96.5 Å². The molecule has 0 spiro atoms. The molecule has 20 aromatic rings. The molecule has 1 aliphatic rings. The lowest BCUT2D eigenvalue weighted by Gasteiger charge is -2.32. The van der Waals surface area contributed by atoms with Crippen molar-refractivity contribution in [2.45, 2.75) is 44.6 Å². The van der Waals surface area contributed by atoms with E-state index in [4.69, 9.17) is 77.4 Å². The smallest absolute Gasteiger partial charge is 0.423 e. The highest BCUT2D eigenvalue weighted by Gasteiger charge is 2.52. The Morgan fingerprint density at radius 2 is 0.703 bits per heavy atom. The van der Waals surface area contributed by atoms with E-state index in [1.165, 1.54) is 48.5 Å². The van der Waals surface area contributed by atoms with E-state index in [1.807, 2.05) is 136 Å². The quantitative estimate of drug-likeness (QED) is 0.0418. The third-order valence-corrected chi connectivity index (χ3v) is 24.8. The van der Waals surface area contributed by atoms with Crippen LogP contribution in [-0.4, -0.2) is 162 Å². The van der Waals surface area contributed by atoms with Gasteiger partial charge in [-0.15, -0.1) is 0 Å². The number of rotatable bonds is 13. The van der Waals surface area contributed by atoms with Gasteiger partial charge < -0.3 is 19.4 Å². The van der Waals surface area contributed by atoms with Crippen LogP contribution in [0.15, 0.2) is 273 Å². The van der Waals surface area contributed by atoms with Gasteiger partial charge in [-0.05, 0) is 198 Å². The van der Waals surface area contributed by atoms with Crippen molar-refractivity contribution in [2.24, 2.45) is 33.3 Å². The molecule has 0 aliphatic carbocycles. The molecular weight excluding hydrogens is 2210 g/mol. The first-order chi connectivity index (χ1) is 68.5. The molecule has 0 unspecified atom stereocenters. The van der Waals surface area contributed by atoms with Gasteiger partial charge in [0, 0.05) is 201 Å². The molecule has 744 valence electrons. The zero-order valence-electron chi connectivity index (χ0n) is 77.6. The molecule has 1 saturated heterocycles. The predicted molar refractivity (Wildman–Crippen MR) is 556 cm³/mol. The SMILES string of the molecule is CS(N)(=O)=O.Clc1cc(I)cc(Cl)n1.Cn1cc(-c2ccc3c(-c4cc(-c5ccc(F)cc5F)cc(CS(C)(=O)=O)n4)cnn3c2)cn1.Cn1cc(-c2ccc3c(-c4cc(-c5ccc(F)cc5F)cc(Cl)n4)cnn3c2)cn1.Cn1cc(-c2ccc3c(B4OC(C)(C)C(C)(C)O4)cnn3c2)cn1.Cn1cc(-c2ccc3c(Br)cnn3c2)cn1.Fc1ccc(-c2cc(Cl)nc(Cl)c2)c(F)c1.OB(O)c1ccc(F)cc1F. The number of halogens is 15. The Kier molecular flexibility index (Phi) is 34.0. The highest BCUT2D eigenvalue weighted by Crippen LogP contribution is 2.40. The first kappa shape index (κ1) is 108. The highest BCUT2D eigenvalue weighted by molar-refractivity contribution is 14.1. The van der Waals surface area contributed by atoms with Crippen molar-refractivity contribution in [3.63, 3.8) is 0 Å². The van der Waals surface area contributed by atoms with Gasteiger partial charge in [-0.3, -0.25) is 23.7 Å². The average molecular weight is 2290 g/mol. The largest absolute Gasteiger partial charge is 0.498 e. The molecule has 17 heterocycles. The van der Waals surface area contributed by atoms with Gasteiger partial charge in [0.05, 0.1) is 110 Å². The Bertz CT molecular complexity index is 8340. The molecule has 1 fully saturated rings. The van der Waals surface area contributed by atoms with E-state index >= 15 is 0 Å². The summed E-state index contributed by atoms with van der Waals surface area (Å²) in [7, 11) is -1.35. The molecule has 4 aromatic carbocycles. The lowest BCUT2D eigenvalue weighted by Crippen LogP contribution is -2.41. The summed E-state index contributed by atoms with van der Waals surface area (Å²) in [4.78, 5) is 16.4. The van der Waals surface area contributed by atoms with Crippen LogP contribution in [0.25, 0.3) is 122 Å². The first-order valence-corrected chi connectivity index (χ1v) is 50.5. The summed E-state index contributed by atoms with van der Waals surface area (Å²) in [5.74, 6) is -6.06. The highest BCUT2D eigenvalue weighted by atomic mass is 127. The summed E-state index contributed by atoms with van der Waals surface area (Å²) in [5.41, 5.74) is 16.3. The van der Waals surface area contributed by atoms with Crippen molar-refractivity contribution in [1.82, 2.24) is 97.5 Å². The molecule has 16 aromatic heterocycles. The molecule has 4 N–H and O–H groups in total. The van der Waals surface area contributed by atoms with E-state index < -0.39 is 80.6 Å². The normalized spacial score (nSPS) is 12.5. The minimum absolute atomic E-state index is 0.148. The number of primary sulfonamides is 1. The van der Waals surface area contributed by atoms with Crippen LogP contribution in [0.1, 0.15) is 33.4 Å². The van der Waals surface area contributed by atoms with Gasteiger partial charge in [-0.1, -0.05) is 88.3 Å². The summed E-state index contributed by atoms with van der Waals surface area (Å²) in [6.07, 6.45) is 31.8. The van der Waals surface area contributed by atoms with Crippen molar-refractivity contribution in [1.29, 1.82) is 0 Å². The van der Waals surface area contributed by atoms with Crippen molar-refractivity contribution in [2.75, 3.05) is 12.5 Å². The number of fused-ring (bicyclic) bond motifs is 4. The molecule has 48 heteroatoms. The summed E-state index contributed by atoms with van der Waals surface area (Å²) < 4.78 is 178. The number of nitrogens with zero attached hydrogens (tertiary/aromatic N) is 20. The van der Waals surface area contributed by atoms with E-state index in [0.29, 0.717) is 50.0 Å². The van der Waals surface area contributed by atoms with Gasteiger partial charge >= 0.3 is 14.2 Å². The fourth-order valence-corrected chi connectivity index (χ4v) is 17.6. The van der Waals surface area contributed by atoms with E-state index in [-0.39, 0.29) is 60.3 Å². The number of hydrogen-bond acceptors (Lipinski definition) is 20. The summed E-state index contributed by atoms with van der Waals surface area (Å²) in [5, 5.41) is 57.1. The minimum atomic E-state index is -3.40. The molecular formula is C97H80B2BrCl5F8IN21O8S2. The van der Waals surface area contributed by atoms with Gasteiger partial charge in [0.1, 0.15) is 72.3 Å². The van der Waals surface area contributed by atoms with Crippen LogP contribution in [-0.2, 0) is 63.1 Å². The second-order valence-electron chi connectivity index (χ2n) is 33.4. The second-order valence-corrected chi connectivity index (χ2v) is 41.3. The zero-order valence-corrected chi connectivity index (χ0v) is 86.8. The number of hydrogen-bond donors (Lipinski definition) is 3. The molecule has 21 rings (SSSR count). The number of nitrogens with two attached hydrogens (primary N) is 1. The molecule has 0 radical (unpaired) electrons. The lowest BCUT2D eigenvalue weighted by atomic mass is 9.80. The van der Waals surface area contributed by atoms with Crippen molar-refractivity contribution in [3.05, 3.63) is 355 Å². The van der Waals surface area contributed by atoms with Gasteiger partial charge in [0.25, 0.3) is 0 Å². The van der Waals surface area contributed by atoms with Crippen LogP contribution in [0.4, 0.5) is 35.1 Å². The molecule has 145 heavy (non-hydrogen) atoms. The summed E-state index contributed by atoms with van der Waals surface area (Å²) in [6.45, 7) is 8.22. The van der Waals surface area contributed by atoms with Gasteiger partial charge in [0.2, 0.25) is 10.0 Å². The third-order valence-electron chi connectivity index (χ3n) is 21.8. The molecule has 0 bridgehead atoms. The number of pyridine rings is 8. The standard InChI is InChI=1S/C24H19F2N5O2S.C22H14ClF2N5.C17H21BN4O2.C11H9BrN4.C11H5Cl2F2N.C6H5BF2O2.C5H2Cl2IN.CH5NO2S/c1-30-12-17(10-27-30)15-3-6-24-21(11-28-31(24)13-15)23-8-16(7-19(29-23)14-34(2,32)33)20-5-4-18(25)9-22(20)26;1-29-11-15(9-26-29)13-2-5-21-18(10-27-30(21)12-13)20-6-14(7-22(23)28-20)17-4-3-16(24)8-19(17)25;1-16(2)17(3,4)24-18(23-16)14-9-20-22-11-12(6-7-15(14)22)13-8-19-21(5)10-13;1-15-6-9(4-13-15)8-2-3-11-10(12)5-14-16(11)7-8;12-10-3-6(4-11(13)16-10)8-2-1-7(14)5-9(8)15;8-4-1-2-5(7(10)11)6(9)3-4;6-4-1-3(8)2-5(7)9-4;1-5(2,3)4/h3-13H,14H2,1-2H3;2-12H,1H3;6-11H,1-5H3;2-7H,1H3;1-5H;1-3,10-11H;1-2H;1H3,(H2,2,3,4). The Labute approximate surface area is 871 Å². The molecule has 0 atom stereocenters. The van der Waals surface area contributed by atoms with Crippen LogP contribution in [0, 0.1) is 50.1 Å². The van der Waals surface area contributed by atoms with Gasteiger partial charge in [0.15, 0.2) is 9.84 Å². The van der Waals surface area contributed by atoms with Crippen molar-refractivity contribution < 1.29 is 71.3 Å².